The van der Waals surface area contributed by atoms with Gasteiger partial charge < -0.3 is 9.31 Å². The fourth-order valence-corrected chi connectivity index (χ4v) is 3.87. The summed E-state index contributed by atoms with van der Waals surface area (Å²) in [5.74, 6) is 2.73. The fraction of sp³-hybridized carbons (Fsp3) is 0.846. The van der Waals surface area contributed by atoms with E-state index in [1.54, 1.807) is 0 Å². The van der Waals surface area contributed by atoms with Crippen molar-refractivity contribution < 1.29 is 9.31 Å². The van der Waals surface area contributed by atoms with E-state index in [0.29, 0.717) is 5.88 Å². The molecular formula is C13H25BCl2O2Si. The number of alkyl halides is 1. The molecule has 1 heterocycles. The normalized spacial score (nSPS) is 22.9. The average Bonchev–Trinajstić information content (AvgIpc) is 2.40. The van der Waals surface area contributed by atoms with Crippen molar-refractivity contribution in [3.63, 3.8) is 0 Å². The largest absolute Gasteiger partial charge is 0.486 e. The van der Waals surface area contributed by atoms with Gasteiger partial charge in [0.25, 0.3) is 0 Å². The standard InChI is InChI=1S/C13H25BCl2O2Si/c1-12(2)13(3,4)18-14(17-12)10-11(8-7-9-15)19(5,6)16/h10H,7-9H2,1-6H3/b11-10+. The Kier molecular flexibility index (Phi) is 5.65. The van der Waals surface area contributed by atoms with Crippen molar-refractivity contribution in [2.45, 2.75) is 64.8 Å². The Bertz CT molecular complexity index is 335. The minimum absolute atomic E-state index is 0.302. The van der Waals surface area contributed by atoms with Crippen LogP contribution >= 0.6 is 22.7 Å². The fourth-order valence-electron chi connectivity index (χ4n) is 1.96. The number of hydrogen-bond acceptors (Lipinski definition) is 2. The Labute approximate surface area is 128 Å². The highest BCUT2D eigenvalue weighted by Gasteiger charge is 2.50. The van der Waals surface area contributed by atoms with Gasteiger partial charge in [0.1, 0.15) is 0 Å². The molecule has 0 spiro atoms. The third-order valence-corrected chi connectivity index (χ3v) is 6.89. The van der Waals surface area contributed by atoms with Crippen LogP contribution in [0.2, 0.25) is 13.1 Å². The average molecular weight is 323 g/mol. The van der Waals surface area contributed by atoms with E-state index in [9.17, 15) is 0 Å². The zero-order valence-electron chi connectivity index (χ0n) is 12.8. The highest BCUT2D eigenvalue weighted by molar-refractivity contribution is 7.23. The van der Waals surface area contributed by atoms with Gasteiger partial charge in [-0.3, -0.25) is 0 Å². The molecule has 0 amide bonds. The summed E-state index contributed by atoms with van der Waals surface area (Å²) in [6.07, 6.45) is 1.87. The predicted octanol–water partition coefficient (Wildman–Crippen LogP) is 4.55. The SMILES string of the molecule is CC1(C)OB(/C=C(\CCCCl)[Si](C)(C)Cl)OC1(C)C. The van der Waals surface area contributed by atoms with Gasteiger partial charge in [-0.2, -0.15) is 11.1 Å². The first-order chi connectivity index (χ1) is 8.49. The van der Waals surface area contributed by atoms with Crippen molar-refractivity contribution in [3.05, 3.63) is 11.2 Å². The van der Waals surface area contributed by atoms with Gasteiger partial charge in [-0.15, -0.1) is 11.6 Å². The van der Waals surface area contributed by atoms with E-state index in [-0.39, 0.29) is 18.3 Å². The third kappa shape index (κ3) is 4.50. The molecule has 0 aromatic heterocycles. The molecule has 1 aliphatic rings. The Morgan fingerprint density at radius 1 is 1.16 bits per heavy atom. The Balaban J connectivity index is 2.87. The summed E-state index contributed by atoms with van der Waals surface area (Å²) < 4.78 is 12.0. The van der Waals surface area contributed by atoms with Crippen molar-refractivity contribution in [2.75, 3.05) is 5.88 Å². The van der Waals surface area contributed by atoms with Crippen molar-refractivity contribution in [2.24, 2.45) is 0 Å². The Morgan fingerprint density at radius 2 is 1.63 bits per heavy atom. The zero-order valence-corrected chi connectivity index (χ0v) is 15.4. The molecule has 1 saturated heterocycles. The molecule has 0 N–H and O–H groups in total. The van der Waals surface area contributed by atoms with Crippen LogP contribution in [-0.2, 0) is 9.31 Å². The second-order valence-electron chi connectivity index (χ2n) is 6.58. The van der Waals surface area contributed by atoms with Crippen LogP contribution in [0.3, 0.4) is 0 Å². The summed E-state index contributed by atoms with van der Waals surface area (Å²) in [7, 11) is -2.17. The molecule has 0 unspecified atom stereocenters. The lowest BCUT2D eigenvalue weighted by atomic mass is 9.89. The first kappa shape index (κ1) is 17.6. The van der Waals surface area contributed by atoms with Gasteiger partial charge in [0, 0.05) is 5.88 Å². The summed E-state index contributed by atoms with van der Waals surface area (Å²) in [5.41, 5.74) is -0.604. The van der Waals surface area contributed by atoms with Gasteiger partial charge in [0.15, 0.2) is 7.38 Å². The summed E-state index contributed by atoms with van der Waals surface area (Å²) in [5, 5.41) is 1.26. The zero-order chi connectivity index (χ0) is 14.9. The van der Waals surface area contributed by atoms with E-state index < -0.39 is 7.38 Å². The minimum atomic E-state index is -1.87. The first-order valence-electron chi connectivity index (χ1n) is 6.81. The Morgan fingerprint density at radius 3 is 2.00 bits per heavy atom. The molecule has 0 bridgehead atoms. The molecule has 0 aromatic rings. The highest BCUT2D eigenvalue weighted by Crippen LogP contribution is 2.38. The maximum atomic E-state index is 6.57. The van der Waals surface area contributed by atoms with E-state index in [1.807, 2.05) is 0 Å². The molecule has 0 aliphatic carbocycles. The van der Waals surface area contributed by atoms with E-state index >= 15 is 0 Å². The van der Waals surface area contributed by atoms with Crippen LogP contribution in [0.15, 0.2) is 11.2 Å². The van der Waals surface area contributed by atoms with Crippen LogP contribution in [0.4, 0.5) is 0 Å². The number of hydrogen-bond donors (Lipinski definition) is 0. The summed E-state index contributed by atoms with van der Waals surface area (Å²) in [4.78, 5) is 0. The molecule has 0 saturated carbocycles. The van der Waals surface area contributed by atoms with Gasteiger partial charge >= 0.3 is 7.12 Å². The number of allylic oxidation sites excluding steroid dienone is 1. The lowest BCUT2D eigenvalue weighted by molar-refractivity contribution is 0.00578. The second kappa shape index (κ2) is 6.10. The van der Waals surface area contributed by atoms with E-state index in [2.05, 4.69) is 46.8 Å². The molecule has 1 rings (SSSR count). The van der Waals surface area contributed by atoms with Crippen LogP contribution in [0.25, 0.3) is 0 Å². The molecule has 0 atom stereocenters. The van der Waals surface area contributed by atoms with Gasteiger partial charge in [0.2, 0.25) is 0 Å². The molecule has 6 heteroatoms. The number of halogens is 2. The molecule has 1 fully saturated rings. The molecule has 0 radical (unpaired) electrons. The summed E-state index contributed by atoms with van der Waals surface area (Å²) in [6.45, 7) is 12.5. The molecule has 1 aliphatic heterocycles. The van der Waals surface area contributed by atoms with Gasteiger partial charge in [-0.25, -0.2) is 0 Å². The first-order valence-corrected chi connectivity index (χ1v) is 11.4. The van der Waals surface area contributed by atoms with Gasteiger partial charge in [-0.05, 0) is 40.5 Å². The molecule has 2 nitrogen and oxygen atoms in total. The van der Waals surface area contributed by atoms with Crippen LogP contribution in [0.5, 0.6) is 0 Å². The summed E-state index contributed by atoms with van der Waals surface area (Å²) in [6, 6.07) is 0. The van der Waals surface area contributed by atoms with Gasteiger partial charge in [-0.1, -0.05) is 24.3 Å². The highest BCUT2D eigenvalue weighted by atomic mass is 35.6. The maximum absolute atomic E-state index is 6.57. The lowest BCUT2D eigenvalue weighted by Gasteiger charge is -2.32. The van der Waals surface area contributed by atoms with Crippen molar-refractivity contribution >= 4 is 37.2 Å². The van der Waals surface area contributed by atoms with E-state index in [4.69, 9.17) is 32.0 Å². The smallest absolute Gasteiger partial charge is 0.400 e. The Hall–Kier alpha value is 0.522. The second-order valence-corrected chi connectivity index (χ2v) is 13.4. The molecule has 19 heavy (non-hydrogen) atoms. The van der Waals surface area contributed by atoms with Crippen LogP contribution in [-0.4, -0.2) is 31.6 Å². The minimum Gasteiger partial charge on any atom is -0.400 e. The van der Waals surface area contributed by atoms with Crippen molar-refractivity contribution in [1.29, 1.82) is 0 Å². The maximum Gasteiger partial charge on any atom is 0.486 e. The van der Waals surface area contributed by atoms with Crippen LogP contribution < -0.4 is 0 Å². The van der Waals surface area contributed by atoms with Crippen LogP contribution in [0, 0.1) is 0 Å². The predicted molar refractivity (Wildman–Crippen MR) is 87.5 cm³/mol. The molecular weight excluding hydrogens is 298 g/mol. The van der Waals surface area contributed by atoms with Crippen molar-refractivity contribution in [1.82, 2.24) is 0 Å². The quantitative estimate of drug-likeness (QED) is 0.420. The topological polar surface area (TPSA) is 18.5 Å². The number of rotatable bonds is 5. The lowest BCUT2D eigenvalue weighted by Crippen LogP contribution is -2.41. The molecule has 0 aromatic carbocycles. The van der Waals surface area contributed by atoms with Crippen LogP contribution in [0.1, 0.15) is 40.5 Å². The van der Waals surface area contributed by atoms with Crippen molar-refractivity contribution in [3.8, 4) is 0 Å². The summed E-state index contributed by atoms with van der Waals surface area (Å²) >= 11 is 12.4. The third-order valence-electron chi connectivity index (χ3n) is 3.95. The van der Waals surface area contributed by atoms with E-state index in [1.165, 1.54) is 5.20 Å². The van der Waals surface area contributed by atoms with E-state index in [0.717, 1.165) is 12.8 Å². The molecule has 110 valence electrons. The van der Waals surface area contributed by atoms with Gasteiger partial charge in [0.05, 0.1) is 11.2 Å². The monoisotopic (exact) mass is 322 g/mol.